The van der Waals surface area contributed by atoms with Crippen LogP contribution in [-0.4, -0.2) is 46.9 Å². The van der Waals surface area contributed by atoms with Gasteiger partial charge in [-0.25, -0.2) is 4.98 Å². The number of carbonyl (C=O) groups is 1. The molecule has 3 aromatic rings. The van der Waals surface area contributed by atoms with Crippen molar-refractivity contribution in [2.24, 2.45) is 5.92 Å². The molecule has 1 amide bonds. The molecule has 4 rings (SSSR count). The van der Waals surface area contributed by atoms with Crippen molar-refractivity contribution in [3.63, 3.8) is 0 Å². The highest BCUT2D eigenvalue weighted by molar-refractivity contribution is 5.94. The van der Waals surface area contributed by atoms with Gasteiger partial charge in [0.15, 0.2) is 0 Å². The van der Waals surface area contributed by atoms with E-state index in [0.29, 0.717) is 23.8 Å². The smallest absolute Gasteiger partial charge is 0.253 e. The minimum atomic E-state index is 0. The van der Waals surface area contributed by atoms with Gasteiger partial charge in [-0.05, 0) is 69.1 Å². The van der Waals surface area contributed by atoms with E-state index in [-0.39, 0.29) is 30.7 Å². The summed E-state index contributed by atoms with van der Waals surface area (Å²) in [4.78, 5) is 19.5. The number of amides is 1. The first-order valence-electron chi connectivity index (χ1n) is 10.2. The van der Waals surface area contributed by atoms with Gasteiger partial charge in [-0.1, -0.05) is 12.1 Å². The molecule has 6 nitrogen and oxygen atoms in total. The Labute approximate surface area is 195 Å². The monoisotopic (exact) mass is 464 g/mol. The molecule has 1 saturated heterocycles. The Kier molecular flexibility index (Phi) is 9.16. The van der Waals surface area contributed by atoms with Crippen LogP contribution in [0.3, 0.4) is 0 Å². The van der Waals surface area contributed by atoms with E-state index in [9.17, 15) is 4.79 Å². The highest BCUT2D eigenvalue weighted by Gasteiger charge is 2.24. The molecule has 3 heterocycles. The lowest BCUT2D eigenvalue weighted by molar-refractivity contribution is 0.0674. The standard InChI is InChI=1S/C23H28N4O2.2ClH/c1-17-8-9-22-25-20(15-27(22)13-17)16-29-21-7-3-6-19(11-21)23(28)26-10-4-5-18(14-26)12-24-2;;/h3,6-9,11,13,15,18,24H,4-5,10,12,14,16H2,1-2H3;2*1H. The molecular weight excluding hydrogens is 435 g/mol. The first-order chi connectivity index (χ1) is 14.1. The maximum Gasteiger partial charge on any atom is 0.253 e. The quantitative estimate of drug-likeness (QED) is 0.595. The Hall–Kier alpha value is -2.28. The summed E-state index contributed by atoms with van der Waals surface area (Å²) in [5.74, 6) is 1.29. The maximum atomic E-state index is 13.0. The number of hydrogen-bond acceptors (Lipinski definition) is 4. The molecule has 1 aliphatic heterocycles. The van der Waals surface area contributed by atoms with Crippen LogP contribution >= 0.6 is 24.8 Å². The first kappa shape index (κ1) is 25.0. The lowest BCUT2D eigenvalue weighted by Gasteiger charge is -2.32. The molecule has 1 N–H and O–H groups in total. The molecule has 8 heteroatoms. The number of likely N-dealkylation sites (tertiary alicyclic amines) is 1. The number of imidazole rings is 1. The largest absolute Gasteiger partial charge is 0.487 e. The third-order valence-corrected chi connectivity index (χ3v) is 5.42. The summed E-state index contributed by atoms with van der Waals surface area (Å²) >= 11 is 0. The minimum Gasteiger partial charge on any atom is -0.487 e. The summed E-state index contributed by atoms with van der Waals surface area (Å²) in [6.07, 6.45) is 6.26. The lowest BCUT2D eigenvalue weighted by atomic mass is 9.97. The second kappa shape index (κ2) is 11.4. The average molecular weight is 465 g/mol. The van der Waals surface area contributed by atoms with E-state index >= 15 is 0 Å². The van der Waals surface area contributed by atoms with Gasteiger partial charge in [0.05, 0.1) is 5.69 Å². The van der Waals surface area contributed by atoms with Crippen LogP contribution in [0, 0.1) is 12.8 Å². The zero-order chi connectivity index (χ0) is 20.2. The van der Waals surface area contributed by atoms with E-state index in [1.54, 1.807) is 0 Å². The molecular formula is C23H30Cl2N4O2. The zero-order valence-electron chi connectivity index (χ0n) is 17.9. The molecule has 168 valence electrons. The second-order valence-corrected chi connectivity index (χ2v) is 7.84. The zero-order valence-corrected chi connectivity index (χ0v) is 19.5. The van der Waals surface area contributed by atoms with Crippen LogP contribution in [0.4, 0.5) is 0 Å². The van der Waals surface area contributed by atoms with Crippen molar-refractivity contribution in [1.29, 1.82) is 0 Å². The molecule has 0 radical (unpaired) electrons. The molecule has 1 aromatic carbocycles. The Morgan fingerprint density at radius 2 is 2.06 bits per heavy atom. The summed E-state index contributed by atoms with van der Waals surface area (Å²) in [5, 5.41) is 3.23. The number of rotatable bonds is 6. The highest BCUT2D eigenvalue weighted by atomic mass is 35.5. The van der Waals surface area contributed by atoms with Crippen molar-refractivity contribution < 1.29 is 9.53 Å². The summed E-state index contributed by atoms with van der Waals surface area (Å²) in [6, 6.07) is 11.5. The van der Waals surface area contributed by atoms with Gasteiger partial charge in [-0.15, -0.1) is 24.8 Å². The predicted octanol–water partition coefficient (Wildman–Crippen LogP) is 4.14. The third kappa shape index (κ3) is 6.12. The number of nitrogens with zero attached hydrogens (tertiary/aromatic N) is 3. The summed E-state index contributed by atoms with van der Waals surface area (Å²) in [6.45, 7) is 5.01. The number of nitrogens with one attached hydrogen (secondary N) is 1. The minimum absolute atomic E-state index is 0. The fraction of sp³-hybridized carbons (Fsp3) is 0.391. The summed E-state index contributed by atoms with van der Waals surface area (Å²) in [5.41, 5.74) is 3.62. The number of ether oxygens (including phenoxy) is 1. The van der Waals surface area contributed by atoms with E-state index in [0.717, 1.165) is 37.4 Å². The van der Waals surface area contributed by atoms with Gasteiger partial charge in [-0.3, -0.25) is 4.79 Å². The third-order valence-electron chi connectivity index (χ3n) is 5.42. The van der Waals surface area contributed by atoms with E-state index < -0.39 is 0 Å². The lowest BCUT2D eigenvalue weighted by Crippen LogP contribution is -2.42. The van der Waals surface area contributed by atoms with Crippen molar-refractivity contribution in [2.75, 3.05) is 26.7 Å². The number of halogens is 2. The first-order valence-corrected chi connectivity index (χ1v) is 10.2. The second-order valence-electron chi connectivity index (χ2n) is 7.84. The molecule has 1 aliphatic rings. The van der Waals surface area contributed by atoms with Crippen LogP contribution in [-0.2, 0) is 6.61 Å². The fourth-order valence-electron chi connectivity index (χ4n) is 3.99. The van der Waals surface area contributed by atoms with Gasteiger partial charge in [0, 0.05) is 31.0 Å². The van der Waals surface area contributed by atoms with Crippen LogP contribution in [0.25, 0.3) is 5.65 Å². The van der Waals surface area contributed by atoms with Crippen LogP contribution in [0.1, 0.15) is 34.5 Å². The van der Waals surface area contributed by atoms with Crippen LogP contribution in [0.5, 0.6) is 5.75 Å². The van der Waals surface area contributed by atoms with Gasteiger partial charge in [-0.2, -0.15) is 0 Å². The number of aromatic nitrogens is 2. The molecule has 0 spiro atoms. The van der Waals surface area contributed by atoms with Crippen molar-refractivity contribution in [3.05, 3.63) is 65.6 Å². The Morgan fingerprint density at radius 1 is 1.23 bits per heavy atom. The molecule has 2 aromatic heterocycles. The number of aryl methyl sites for hydroxylation is 1. The van der Waals surface area contributed by atoms with E-state index in [1.807, 2.05) is 65.1 Å². The Balaban J connectivity index is 0.00000171. The molecule has 31 heavy (non-hydrogen) atoms. The van der Waals surface area contributed by atoms with Gasteiger partial charge < -0.3 is 19.4 Å². The fourth-order valence-corrected chi connectivity index (χ4v) is 3.99. The van der Waals surface area contributed by atoms with E-state index in [4.69, 9.17) is 4.74 Å². The van der Waals surface area contributed by atoms with Crippen LogP contribution < -0.4 is 10.1 Å². The SMILES string of the molecule is CNCC1CCCN(C(=O)c2cccc(OCc3cn4cc(C)ccc4n3)c2)C1.Cl.Cl. The number of pyridine rings is 1. The molecule has 1 atom stereocenters. The number of piperidine rings is 1. The average Bonchev–Trinajstić information content (AvgIpc) is 3.14. The van der Waals surface area contributed by atoms with Crippen molar-refractivity contribution >= 4 is 36.4 Å². The molecule has 0 saturated carbocycles. The summed E-state index contributed by atoms with van der Waals surface area (Å²) in [7, 11) is 1.96. The number of fused-ring (bicyclic) bond motifs is 1. The van der Waals surface area contributed by atoms with Crippen molar-refractivity contribution in [1.82, 2.24) is 19.6 Å². The van der Waals surface area contributed by atoms with Gasteiger partial charge in [0.2, 0.25) is 0 Å². The van der Waals surface area contributed by atoms with E-state index in [2.05, 4.69) is 17.2 Å². The van der Waals surface area contributed by atoms with E-state index in [1.165, 1.54) is 12.0 Å². The molecule has 1 unspecified atom stereocenters. The van der Waals surface area contributed by atoms with Crippen molar-refractivity contribution in [2.45, 2.75) is 26.4 Å². The molecule has 1 fully saturated rings. The number of hydrogen-bond donors (Lipinski definition) is 1. The van der Waals surface area contributed by atoms with Crippen molar-refractivity contribution in [3.8, 4) is 5.75 Å². The topological polar surface area (TPSA) is 58.9 Å². The maximum absolute atomic E-state index is 13.0. The number of carbonyl (C=O) groups excluding carboxylic acids is 1. The van der Waals surface area contributed by atoms with Crippen LogP contribution in [0.15, 0.2) is 48.8 Å². The van der Waals surface area contributed by atoms with Gasteiger partial charge >= 0.3 is 0 Å². The van der Waals surface area contributed by atoms with Gasteiger partial charge in [0.25, 0.3) is 5.91 Å². The van der Waals surface area contributed by atoms with Crippen LogP contribution in [0.2, 0.25) is 0 Å². The Morgan fingerprint density at radius 3 is 2.87 bits per heavy atom. The normalized spacial score (nSPS) is 15.8. The Bertz CT molecular complexity index is 1010. The van der Waals surface area contributed by atoms with Gasteiger partial charge in [0.1, 0.15) is 18.0 Å². The predicted molar refractivity (Wildman–Crippen MR) is 128 cm³/mol. The molecule has 0 aliphatic carbocycles. The summed E-state index contributed by atoms with van der Waals surface area (Å²) < 4.78 is 7.94. The molecule has 0 bridgehead atoms. The number of benzene rings is 1. The highest BCUT2D eigenvalue weighted by Crippen LogP contribution is 2.21.